The molecule has 0 spiro atoms. The maximum atomic E-state index is 12.3. The van der Waals surface area contributed by atoms with Gasteiger partial charge in [-0.05, 0) is 25.9 Å². The summed E-state index contributed by atoms with van der Waals surface area (Å²) in [5.74, 6) is -1.16. The van der Waals surface area contributed by atoms with Crippen LogP contribution in [-0.4, -0.2) is 47.3 Å². The quantitative estimate of drug-likeness (QED) is 0.804. The van der Waals surface area contributed by atoms with Gasteiger partial charge in [0.25, 0.3) is 0 Å². The predicted molar refractivity (Wildman–Crippen MR) is 55.0 cm³/mol. The highest BCUT2D eigenvalue weighted by molar-refractivity contribution is 9.09. The fourth-order valence-electron chi connectivity index (χ4n) is 1.79. The van der Waals surface area contributed by atoms with Gasteiger partial charge in [0.05, 0.1) is 12.0 Å². The minimum absolute atomic E-state index is 0.151. The monoisotopic (exact) mass is 289 g/mol. The summed E-state index contributed by atoms with van der Waals surface area (Å²) in [6.45, 7) is 1.30. The van der Waals surface area contributed by atoms with Crippen molar-refractivity contribution in [2.45, 2.75) is 25.1 Å². The maximum absolute atomic E-state index is 12.3. The Morgan fingerprint density at radius 3 is 2.27 bits per heavy atom. The van der Waals surface area contributed by atoms with E-state index in [1.54, 1.807) is 0 Å². The molecule has 0 bridgehead atoms. The van der Waals surface area contributed by atoms with Gasteiger partial charge in [-0.1, -0.05) is 15.9 Å². The van der Waals surface area contributed by atoms with E-state index in [0.29, 0.717) is 25.0 Å². The Balaban J connectivity index is 2.30. The van der Waals surface area contributed by atoms with Crippen LogP contribution in [0.3, 0.4) is 0 Å². The average molecular weight is 290 g/mol. The first-order chi connectivity index (χ1) is 6.93. The summed E-state index contributed by atoms with van der Waals surface area (Å²) < 4.78 is 37.0. The number of aliphatic hydroxyl groups excluding tert-OH is 1. The van der Waals surface area contributed by atoms with E-state index in [-0.39, 0.29) is 12.8 Å². The van der Waals surface area contributed by atoms with Crippen molar-refractivity contribution in [1.82, 2.24) is 4.90 Å². The minimum Gasteiger partial charge on any atom is -0.391 e. The van der Waals surface area contributed by atoms with Crippen molar-refractivity contribution in [2.24, 2.45) is 5.92 Å². The van der Waals surface area contributed by atoms with E-state index >= 15 is 0 Å². The van der Waals surface area contributed by atoms with Crippen LogP contribution in [0.2, 0.25) is 0 Å². The van der Waals surface area contributed by atoms with Crippen LogP contribution in [0.25, 0.3) is 0 Å². The third-order valence-corrected chi connectivity index (χ3v) is 3.44. The standard InChI is InChI=1S/C9H15BrF3NO/c10-5-8(15)6-14-3-1-7(2-4-14)9(11,12)13/h7-8,15H,1-6H2. The molecule has 1 N–H and O–H groups in total. The summed E-state index contributed by atoms with van der Waals surface area (Å²) in [6, 6.07) is 0. The molecule has 0 radical (unpaired) electrons. The lowest BCUT2D eigenvalue weighted by Crippen LogP contribution is -2.42. The highest BCUT2D eigenvalue weighted by atomic mass is 79.9. The molecule has 0 amide bonds. The SMILES string of the molecule is OC(CBr)CN1CCC(C(F)(F)F)CC1. The number of hydrogen-bond acceptors (Lipinski definition) is 2. The number of alkyl halides is 4. The van der Waals surface area contributed by atoms with Crippen molar-refractivity contribution in [2.75, 3.05) is 25.0 Å². The van der Waals surface area contributed by atoms with Crippen LogP contribution in [0.4, 0.5) is 13.2 Å². The third-order valence-electron chi connectivity index (χ3n) is 2.70. The predicted octanol–water partition coefficient (Wildman–Crippen LogP) is 2.02. The number of likely N-dealkylation sites (tertiary alicyclic amines) is 1. The van der Waals surface area contributed by atoms with Gasteiger partial charge in [0, 0.05) is 11.9 Å². The lowest BCUT2D eigenvalue weighted by molar-refractivity contribution is -0.185. The molecule has 0 aromatic heterocycles. The van der Waals surface area contributed by atoms with Gasteiger partial charge in [-0.15, -0.1) is 0 Å². The molecule has 0 aliphatic carbocycles. The Morgan fingerprint density at radius 1 is 1.33 bits per heavy atom. The topological polar surface area (TPSA) is 23.5 Å². The number of piperidine rings is 1. The van der Waals surface area contributed by atoms with E-state index in [9.17, 15) is 18.3 Å². The summed E-state index contributed by atoms with van der Waals surface area (Å²) in [5.41, 5.74) is 0. The normalized spacial score (nSPS) is 23.0. The van der Waals surface area contributed by atoms with E-state index in [1.807, 2.05) is 4.90 Å². The second-order valence-corrected chi connectivity index (χ2v) is 4.57. The molecule has 90 valence electrons. The van der Waals surface area contributed by atoms with Gasteiger partial charge in [0.15, 0.2) is 0 Å². The van der Waals surface area contributed by atoms with Crippen molar-refractivity contribution in [3.8, 4) is 0 Å². The second-order valence-electron chi connectivity index (χ2n) is 3.92. The number of hydrogen-bond donors (Lipinski definition) is 1. The van der Waals surface area contributed by atoms with Crippen LogP contribution in [-0.2, 0) is 0 Å². The average Bonchev–Trinajstić information content (AvgIpc) is 2.17. The molecular formula is C9H15BrF3NO. The molecule has 1 heterocycles. The van der Waals surface area contributed by atoms with Crippen molar-refractivity contribution < 1.29 is 18.3 Å². The Labute approximate surface area is 95.6 Å². The lowest BCUT2D eigenvalue weighted by Gasteiger charge is -2.33. The van der Waals surface area contributed by atoms with Gasteiger partial charge in [-0.25, -0.2) is 0 Å². The van der Waals surface area contributed by atoms with Gasteiger partial charge >= 0.3 is 6.18 Å². The first-order valence-corrected chi connectivity index (χ1v) is 6.08. The zero-order valence-electron chi connectivity index (χ0n) is 8.30. The Bertz CT molecular complexity index is 192. The fraction of sp³-hybridized carbons (Fsp3) is 1.00. The number of β-amino-alcohol motifs (C(OH)–C–C–N with tert-alkyl or cyclic N) is 1. The maximum Gasteiger partial charge on any atom is 0.391 e. The van der Waals surface area contributed by atoms with E-state index in [0.717, 1.165) is 0 Å². The Hall–Kier alpha value is 0.190. The van der Waals surface area contributed by atoms with Crippen LogP contribution in [0.5, 0.6) is 0 Å². The molecule has 0 aromatic rings. The van der Waals surface area contributed by atoms with Gasteiger partial charge in [0.1, 0.15) is 0 Å². The van der Waals surface area contributed by atoms with Crippen LogP contribution in [0.15, 0.2) is 0 Å². The van der Waals surface area contributed by atoms with E-state index in [2.05, 4.69) is 15.9 Å². The number of halogens is 4. The summed E-state index contributed by atoms with van der Waals surface area (Å²) in [7, 11) is 0. The number of aliphatic hydroxyl groups is 1. The lowest BCUT2D eigenvalue weighted by atomic mass is 9.96. The van der Waals surface area contributed by atoms with Crippen molar-refractivity contribution in [3.05, 3.63) is 0 Å². The molecule has 1 rings (SSSR count). The number of nitrogens with zero attached hydrogens (tertiary/aromatic N) is 1. The smallest absolute Gasteiger partial charge is 0.391 e. The van der Waals surface area contributed by atoms with E-state index in [1.165, 1.54) is 0 Å². The Morgan fingerprint density at radius 2 is 1.87 bits per heavy atom. The molecule has 0 aromatic carbocycles. The van der Waals surface area contributed by atoms with Crippen LogP contribution in [0.1, 0.15) is 12.8 Å². The molecule has 1 fully saturated rings. The van der Waals surface area contributed by atoms with Gasteiger partial charge in [-0.3, -0.25) is 0 Å². The molecule has 6 heteroatoms. The molecular weight excluding hydrogens is 275 g/mol. The minimum atomic E-state index is -4.06. The molecule has 1 unspecified atom stereocenters. The molecule has 1 aliphatic heterocycles. The summed E-state index contributed by atoms with van der Waals surface area (Å²) >= 11 is 3.13. The van der Waals surface area contributed by atoms with E-state index < -0.39 is 18.2 Å². The first-order valence-electron chi connectivity index (χ1n) is 4.96. The zero-order chi connectivity index (χ0) is 11.5. The summed E-state index contributed by atoms with van der Waals surface area (Å²) in [5, 5.41) is 9.79. The first kappa shape index (κ1) is 13.3. The van der Waals surface area contributed by atoms with Gasteiger partial charge in [-0.2, -0.15) is 13.2 Å². The highest BCUT2D eigenvalue weighted by Crippen LogP contribution is 2.33. The van der Waals surface area contributed by atoms with Gasteiger partial charge < -0.3 is 10.0 Å². The van der Waals surface area contributed by atoms with Crippen molar-refractivity contribution >= 4 is 15.9 Å². The molecule has 1 saturated heterocycles. The van der Waals surface area contributed by atoms with Gasteiger partial charge in [0.2, 0.25) is 0 Å². The van der Waals surface area contributed by atoms with Crippen LogP contribution >= 0.6 is 15.9 Å². The van der Waals surface area contributed by atoms with Crippen LogP contribution in [0, 0.1) is 5.92 Å². The summed E-state index contributed by atoms with van der Waals surface area (Å²) in [4.78, 5) is 1.88. The van der Waals surface area contributed by atoms with E-state index in [4.69, 9.17) is 0 Å². The molecule has 0 saturated carbocycles. The molecule has 1 aliphatic rings. The third kappa shape index (κ3) is 4.28. The zero-order valence-corrected chi connectivity index (χ0v) is 9.89. The summed E-state index contributed by atoms with van der Waals surface area (Å²) in [6.07, 6.45) is -4.25. The van der Waals surface area contributed by atoms with Crippen LogP contribution < -0.4 is 0 Å². The highest BCUT2D eigenvalue weighted by Gasteiger charge is 2.41. The molecule has 15 heavy (non-hydrogen) atoms. The molecule has 2 nitrogen and oxygen atoms in total. The van der Waals surface area contributed by atoms with Crippen molar-refractivity contribution in [3.63, 3.8) is 0 Å². The second kappa shape index (κ2) is 5.50. The largest absolute Gasteiger partial charge is 0.391 e. The molecule has 1 atom stereocenters. The fourth-order valence-corrected chi connectivity index (χ4v) is 1.99. The number of rotatable bonds is 3. The Kier molecular flexibility index (Phi) is 4.86. The van der Waals surface area contributed by atoms with Crippen molar-refractivity contribution in [1.29, 1.82) is 0 Å².